The second-order valence-corrected chi connectivity index (χ2v) is 5.41. The average molecular weight is 145 g/mol. The van der Waals surface area contributed by atoms with E-state index in [9.17, 15) is 0 Å². The van der Waals surface area contributed by atoms with Crippen molar-refractivity contribution in [2.45, 2.75) is 31.9 Å². The van der Waals surface area contributed by atoms with Gasteiger partial charge in [-0.1, -0.05) is 11.9 Å². The van der Waals surface area contributed by atoms with E-state index in [1.54, 1.807) is 0 Å². The minimum absolute atomic E-state index is 0.417. The molecular weight excluding hydrogens is 130 g/mol. The lowest BCUT2D eigenvalue weighted by Gasteiger charge is -2.34. The van der Waals surface area contributed by atoms with Crippen molar-refractivity contribution in [3.8, 4) is 0 Å². The third kappa shape index (κ3) is 2.59. The summed E-state index contributed by atoms with van der Waals surface area (Å²) in [6, 6.07) is 0. The number of nitrogens with zero attached hydrogens (tertiary/aromatic N) is 1. The van der Waals surface area contributed by atoms with Crippen molar-refractivity contribution in [2.75, 3.05) is 13.1 Å². The van der Waals surface area contributed by atoms with E-state index in [2.05, 4.69) is 25.1 Å². The van der Waals surface area contributed by atoms with E-state index in [1.165, 1.54) is 19.5 Å². The topological polar surface area (TPSA) is 3.24 Å². The van der Waals surface area contributed by atoms with Gasteiger partial charge in [0, 0.05) is 17.8 Å². The normalized spacial score (nSPS) is 21.7. The summed E-state index contributed by atoms with van der Waals surface area (Å²) in [6.45, 7) is 9.37. The fourth-order valence-corrected chi connectivity index (χ4v) is 1.98. The Morgan fingerprint density at radius 1 is 1.22 bits per heavy atom. The van der Waals surface area contributed by atoms with Crippen molar-refractivity contribution in [1.29, 1.82) is 0 Å². The lowest BCUT2D eigenvalue weighted by molar-refractivity contribution is 0.339. The molecule has 0 amide bonds. The summed E-state index contributed by atoms with van der Waals surface area (Å²) in [5.41, 5.74) is 0. The van der Waals surface area contributed by atoms with Crippen LogP contribution in [0.3, 0.4) is 0 Å². The Bertz CT molecular complexity index is 91.6. The molecule has 0 radical (unpaired) electrons. The first-order valence-corrected chi connectivity index (χ1v) is 4.29. The standard InChI is InChI=1S/C7H15NS/c1-7(2,3)9-8-5-4-6-8/h4-6H2,1-3H3. The maximum atomic E-state index is 2.43. The predicted molar refractivity (Wildman–Crippen MR) is 43.5 cm³/mol. The fourth-order valence-electron chi connectivity index (χ4n) is 0.766. The molecule has 1 heterocycles. The van der Waals surface area contributed by atoms with Crippen LogP contribution in [0.1, 0.15) is 27.2 Å². The van der Waals surface area contributed by atoms with Gasteiger partial charge in [-0.25, -0.2) is 0 Å². The summed E-state index contributed by atoms with van der Waals surface area (Å²) < 4.78 is 2.85. The molecular formula is C7H15NS. The summed E-state index contributed by atoms with van der Waals surface area (Å²) in [6.07, 6.45) is 1.39. The first kappa shape index (κ1) is 7.42. The molecule has 0 atom stereocenters. The van der Waals surface area contributed by atoms with Gasteiger partial charge in [-0.05, 0) is 27.2 Å². The molecule has 0 aromatic rings. The van der Waals surface area contributed by atoms with Crippen LogP contribution >= 0.6 is 11.9 Å². The SMILES string of the molecule is CC(C)(C)SN1CCC1. The molecule has 0 saturated carbocycles. The van der Waals surface area contributed by atoms with Crippen LogP contribution in [0.2, 0.25) is 0 Å². The van der Waals surface area contributed by atoms with Crippen LogP contribution in [0.15, 0.2) is 0 Å². The van der Waals surface area contributed by atoms with Crippen LogP contribution in [0, 0.1) is 0 Å². The van der Waals surface area contributed by atoms with Gasteiger partial charge in [0.25, 0.3) is 0 Å². The Morgan fingerprint density at radius 2 is 1.78 bits per heavy atom. The highest BCUT2D eigenvalue weighted by Crippen LogP contribution is 2.30. The lowest BCUT2D eigenvalue weighted by atomic mass is 10.3. The van der Waals surface area contributed by atoms with Gasteiger partial charge < -0.3 is 0 Å². The Hall–Kier alpha value is 0.310. The maximum Gasteiger partial charge on any atom is 0.0222 e. The summed E-state index contributed by atoms with van der Waals surface area (Å²) >= 11 is 1.98. The highest BCUT2D eigenvalue weighted by molar-refractivity contribution is 7.98. The Balaban J connectivity index is 2.16. The molecule has 0 spiro atoms. The van der Waals surface area contributed by atoms with E-state index in [0.29, 0.717) is 4.75 Å². The van der Waals surface area contributed by atoms with Crippen molar-refractivity contribution in [1.82, 2.24) is 4.31 Å². The van der Waals surface area contributed by atoms with Gasteiger partial charge in [-0.2, -0.15) is 0 Å². The third-order valence-corrected chi connectivity index (χ3v) is 2.39. The van der Waals surface area contributed by atoms with E-state index in [1.807, 2.05) is 11.9 Å². The highest BCUT2D eigenvalue weighted by Gasteiger charge is 2.21. The molecule has 0 aliphatic carbocycles. The van der Waals surface area contributed by atoms with Crippen molar-refractivity contribution in [2.24, 2.45) is 0 Å². The number of hydrogen-bond donors (Lipinski definition) is 0. The molecule has 0 aromatic heterocycles. The van der Waals surface area contributed by atoms with Crippen molar-refractivity contribution < 1.29 is 0 Å². The van der Waals surface area contributed by atoms with Gasteiger partial charge in [-0.15, -0.1) is 0 Å². The van der Waals surface area contributed by atoms with Crippen LogP contribution < -0.4 is 0 Å². The summed E-state index contributed by atoms with van der Waals surface area (Å²) in [4.78, 5) is 0. The highest BCUT2D eigenvalue weighted by atomic mass is 32.2. The van der Waals surface area contributed by atoms with Gasteiger partial charge in [0.1, 0.15) is 0 Å². The summed E-state index contributed by atoms with van der Waals surface area (Å²) in [5.74, 6) is 0. The zero-order chi connectivity index (χ0) is 6.91. The van der Waals surface area contributed by atoms with Crippen LogP contribution in [-0.4, -0.2) is 22.1 Å². The zero-order valence-electron chi connectivity index (χ0n) is 6.48. The van der Waals surface area contributed by atoms with E-state index in [-0.39, 0.29) is 0 Å². The molecule has 1 nitrogen and oxygen atoms in total. The molecule has 2 heteroatoms. The quantitative estimate of drug-likeness (QED) is 0.520. The van der Waals surface area contributed by atoms with E-state index in [0.717, 1.165) is 0 Å². The summed E-state index contributed by atoms with van der Waals surface area (Å²) in [5, 5.41) is 0. The van der Waals surface area contributed by atoms with Gasteiger partial charge in [0.05, 0.1) is 0 Å². The molecule has 0 bridgehead atoms. The predicted octanol–water partition coefficient (Wildman–Crippen LogP) is 2.14. The smallest absolute Gasteiger partial charge is 0.0222 e. The minimum atomic E-state index is 0.417. The van der Waals surface area contributed by atoms with E-state index >= 15 is 0 Å². The van der Waals surface area contributed by atoms with Crippen molar-refractivity contribution in [3.05, 3.63) is 0 Å². The van der Waals surface area contributed by atoms with Crippen LogP contribution in [0.25, 0.3) is 0 Å². The van der Waals surface area contributed by atoms with E-state index in [4.69, 9.17) is 0 Å². The number of rotatable bonds is 1. The first-order chi connectivity index (χ1) is 4.08. The van der Waals surface area contributed by atoms with Crippen LogP contribution in [-0.2, 0) is 0 Å². The molecule has 9 heavy (non-hydrogen) atoms. The minimum Gasteiger partial charge on any atom is -0.250 e. The Kier molecular flexibility index (Phi) is 2.07. The lowest BCUT2D eigenvalue weighted by Crippen LogP contribution is -2.34. The fraction of sp³-hybridized carbons (Fsp3) is 1.00. The molecule has 0 unspecified atom stereocenters. The second kappa shape index (κ2) is 2.51. The zero-order valence-corrected chi connectivity index (χ0v) is 7.29. The summed E-state index contributed by atoms with van der Waals surface area (Å²) in [7, 11) is 0. The molecule has 1 rings (SSSR count). The molecule has 54 valence electrons. The second-order valence-electron chi connectivity index (χ2n) is 3.49. The van der Waals surface area contributed by atoms with Gasteiger partial charge in [0.15, 0.2) is 0 Å². The largest absolute Gasteiger partial charge is 0.250 e. The Morgan fingerprint density at radius 3 is 1.89 bits per heavy atom. The van der Waals surface area contributed by atoms with Crippen molar-refractivity contribution >= 4 is 11.9 Å². The molecule has 0 N–H and O–H groups in total. The van der Waals surface area contributed by atoms with Crippen LogP contribution in [0.5, 0.6) is 0 Å². The molecule has 0 aromatic carbocycles. The maximum absolute atomic E-state index is 2.43. The molecule has 1 aliphatic heterocycles. The Labute approximate surface area is 61.9 Å². The molecule has 1 fully saturated rings. The van der Waals surface area contributed by atoms with Crippen molar-refractivity contribution in [3.63, 3.8) is 0 Å². The molecule has 1 saturated heterocycles. The monoisotopic (exact) mass is 145 g/mol. The van der Waals surface area contributed by atoms with Gasteiger partial charge in [0.2, 0.25) is 0 Å². The van der Waals surface area contributed by atoms with Gasteiger partial charge >= 0.3 is 0 Å². The van der Waals surface area contributed by atoms with Crippen LogP contribution in [0.4, 0.5) is 0 Å². The molecule has 1 aliphatic rings. The van der Waals surface area contributed by atoms with Gasteiger partial charge in [-0.3, -0.25) is 4.31 Å². The average Bonchev–Trinajstić information content (AvgIpc) is 1.53. The van der Waals surface area contributed by atoms with E-state index < -0.39 is 0 Å². The third-order valence-electron chi connectivity index (χ3n) is 1.22. The first-order valence-electron chi connectivity index (χ1n) is 3.52. The number of hydrogen-bond acceptors (Lipinski definition) is 2.